The first kappa shape index (κ1) is 21.1. The second kappa shape index (κ2) is 8.28. The highest BCUT2D eigenvalue weighted by molar-refractivity contribution is 5.93. The number of carbonyl (C=O) groups is 2. The Morgan fingerprint density at radius 3 is 1.55 bits per heavy atom. The van der Waals surface area contributed by atoms with Gasteiger partial charge in [0.2, 0.25) is 0 Å². The van der Waals surface area contributed by atoms with Crippen molar-refractivity contribution in [3.63, 3.8) is 0 Å². The van der Waals surface area contributed by atoms with Crippen molar-refractivity contribution in [1.82, 2.24) is 0 Å². The van der Waals surface area contributed by atoms with Crippen LogP contribution in [-0.2, 0) is 19.1 Å². The highest BCUT2D eigenvalue weighted by Gasteiger charge is 2.59. The molecular formula is C27H25NO5. The van der Waals surface area contributed by atoms with Crippen molar-refractivity contribution >= 4 is 17.6 Å². The van der Waals surface area contributed by atoms with Crippen LogP contribution in [0.15, 0.2) is 72.8 Å². The van der Waals surface area contributed by atoms with Gasteiger partial charge < -0.3 is 19.1 Å². The van der Waals surface area contributed by atoms with Crippen LogP contribution in [0.1, 0.15) is 23.0 Å². The Hall–Kier alpha value is -3.80. The maximum absolute atomic E-state index is 13.3. The van der Waals surface area contributed by atoms with Gasteiger partial charge in [-0.1, -0.05) is 48.5 Å². The van der Waals surface area contributed by atoms with Crippen molar-refractivity contribution in [3.8, 4) is 16.9 Å². The minimum atomic E-state index is -0.702. The number of anilines is 1. The SMILES string of the molecule is COC(=O)[C@@H]1[C@@H]2c3ccccc3-c3ccccc3[C@H]2[C@@H](C(=O)OC)N1c1ccc(OC)cc1. The molecule has 33 heavy (non-hydrogen) atoms. The Kier molecular flexibility index (Phi) is 5.29. The summed E-state index contributed by atoms with van der Waals surface area (Å²) in [6.07, 6.45) is 0. The van der Waals surface area contributed by atoms with E-state index in [1.807, 2.05) is 65.6 Å². The van der Waals surface area contributed by atoms with Gasteiger partial charge in [0.25, 0.3) is 0 Å². The maximum Gasteiger partial charge on any atom is 0.329 e. The van der Waals surface area contributed by atoms with E-state index in [1.165, 1.54) is 14.2 Å². The van der Waals surface area contributed by atoms with Gasteiger partial charge in [-0.2, -0.15) is 0 Å². The number of hydrogen-bond acceptors (Lipinski definition) is 6. The first-order valence-electron chi connectivity index (χ1n) is 10.9. The molecule has 168 valence electrons. The number of nitrogens with zero attached hydrogens (tertiary/aromatic N) is 1. The molecule has 1 aliphatic heterocycles. The highest BCUT2D eigenvalue weighted by atomic mass is 16.5. The van der Waals surface area contributed by atoms with Crippen molar-refractivity contribution in [2.75, 3.05) is 26.2 Å². The average molecular weight is 443 g/mol. The van der Waals surface area contributed by atoms with Gasteiger partial charge in [-0.25, -0.2) is 9.59 Å². The van der Waals surface area contributed by atoms with E-state index in [0.29, 0.717) is 5.75 Å². The predicted molar refractivity (Wildman–Crippen MR) is 124 cm³/mol. The summed E-state index contributed by atoms with van der Waals surface area (Å²) >= 11 is 0. The second-order valence-corrected chi connectivity index (χ2v) is 8.27. The van der Waals surface area contributed by atoms with Crippen molar-refractivity contribution in [1.29, 1.82) is 0 Å². The lowest BCUT2D eigenvalue weighted by atomic mass is 9.69. The maximum atomic E-state index is 13.3. The first-order valence-corrected chi connectivity index (χ1v) is 10.9. The van der Waals surface area contributed by atoms with Crippen LogP contribution in [0.4, 0.5) is 5.69 Å². The van der Waals surface area contributed by atoms with E-state index in [9.17, 15) is 9.59 Å². The number of ether oxygens (including phenoxy) is 3. The van der Waals surface area contributed by atoms with Gasteiger partial charge in [0.05, 0.1) is 21.3 Å². The monoisotopic (exact) mass is 443 g/mol. The Morgan fingerprint density at radius 1 is 0.667 bits per heavy atom. The van der Waals surface area contributed by atoms with Gasteiger partial charge in [-0.05, 0) is 46.5 Å². The topological polar surface area (TPSA) is 65.1 Å². The Balaban J connectivity index is 1.79. The molecule has 2 aliphatic rings. The van der Waals surface area contributed by atoms with Crippen LogP contribution in [-0.4, -0.2) is 45.4 Å². The molecule has 1 saturated heterocycles. The smallest absolute Gasteiger partial charge is 0.329 e. The standard InChI is InChI=1S/C27H25NO5/c1-31-17-14-12-16(13-15-17)28-24(26(29)32-2)22-20-10-6-4-8-18(20)19-9-5-7-11-21(19)23(22)25(28)27(30)33-3/h4-15,22-25H,1-3H3/t22-,23-,24+,25+/m1/s1. The summed E-state index contributed by atoms with van der Waals surface area (Å²) in [5.41, 5.74) is 4.93. The van der Waals surface area contributed by atoms with Crippen molar-refractivity contribution in [2.24, 2.45) is 0 Å². The second-order valence-electron chi connectivity index (χ2n) is 8.27. The Morgan fingerprint density at radius 2 is 1.12 bits per heavy atom. The number of hydrogen-bond donors (Lipinski definition) is 0. The summed E-state index contributed by atoms with van der Waals surface area (Å²) < 4.78 is 15.9. The van der Waals surface area contributed by atoms with Gasteiger partial charge in [0.1, 0.15) is 17.8 Å². The molecule has 0 N–H and O–H groups in total. The van der Waals surface area contributed by atoms with Crippen LogP contribution in [0, 0.1) is 0 Å². The molecule has 3 aromatic carbocycles. The highest BCUT2D eigenvalue weighted by Crippen LogP contribution is 2.57. The number of carbonyl (C=O) groups excluding carboxylic acids is 2. The fourth-order valence-electron chi connectivity index (χ4n) is 5.54. The van der Waals surface area contributed by atoms with E-state index in [-0.39, 0.29) is 23.8 Å². The fraction of sp³-hybridized carbons (Fsp3) is 0.259. The zero-order chi connectivity index (χ0) is 23.1. The van der Waals surface area contributed by atoms with E-state index in [4.69, 9.17) is 14.2 Å². The third-order valence-corrected chi connectivity index (χ3v) is 6.85. The molecule has 3 aromatic rings. The minimum absolute atomic E-state index is 0.283. The summed E-state index contributed by atoms with van der Waals surface area (Å²) in [7, 11) is 4.37. The Bertz CT molecular complexity index is 1130. The summed E-state index contributed by atoms with van der Waals surface area (Å²) in [5.74, 6) is -0.650. The molecule has 5 rings (SSSR count). The van der Waals surface area contributed by atoms with E-state index in [2.05, 4.69) is 12.1 Å². The van der Waals surface area contributed by atoms with Gasteiger partial charge in [-0.3, -0.25) is 0 Å². The minimum Gasteiger partial charge on any atom is -0.497 e. The lowest BCUT2D eigenvalue weighted by Crippen LogP contribution is -2.46. The van der Waals surface area contributed by atoms with Crippen LogP contribution < -0.4 is 9.64 Å². The largest absolute Gasteiger partial charge is 0.497 e. The van der Waals surface area contributed by atoms with Gasteiger partial charge >= 0.3 is 11.9 Å². The molecule has 0 saturated carbocycles. The zero-order valence-electron chi connectivity index (χ0n) is 18.7. The summed E-state index contributed by atoms with van der Waals surface area (Å²) in [5, 5.41) is 0. The van der Waals surface area contributed by atoms with Crippen molar-refractivity contribution in [3.05, 3.63) is 83.9 Å². The molecule has 1 heterocycles. The summed E-state index contributed by atoms with van der Waals surface area (Å²) in [6.45, 7) is 0. The van der Waals surface area contributed by atoms with Crippen LogP contribution in [0.25, 0.3) is 11.1 Å². The lowest BCUT2D eigenvalue weighted by molar-refractivity contribution is -0.143. The molecule has 6 nitrogen and oxygen atoms in total. The molecular weight excluding hydrogens is 418 g/mol. The zero-order valence-corrected chi connectivity index (χ0v) is 18.7. The van der Waals surface area contributed by atoms with Crippen molar-refractivity contribution < 1.29 is 23.8 Å². The Labute approximate surface area is 192 Å². The molecule has 4 atom stereocenters. The molecule has 0 spiro atoms. The lowest BCUT2D eigenvalue weighted by Gasteiger charge is -2.33. The normalized spacial score (nSPS) is 22.6. The quantitative estimate of drug-likeness (QED) is 0.565. The van der Waals surface area contributed by atoms with E-state index in [0.717, 1.165) is 27.9 Å². The number of esters is 2. The third kappa shape index (κ3) is 3.17. The van der Waals surface area contributed by atoms with Gasteiger partial charge in [0, 0.05) is 17.5 Å². The van der Waals surface area contributed by atoms with Gasteiger partial charge in [-0.15, -0.1) is 0 Å². The predicted octanol–water partition coefficient (Wildman–Crippen LogP) is 4.15. The molecule has 1 fully saturated rings. The molecule has 0 radical (unpaired) electrons. The van der Waals surface area contributed by atoms with Gasteiger partial charge in [0.15, 0.2) is 0 Å². The molecule has 0 aromatic heterocycles. The number of benzene rings is 3. The van der Waals surface area contributed by atoms with E-state index < -0.39 is 12.1 Å². The number of fused-ring (bicyclic) bond motifs is 6. The van der Waals surface area contributed by atoms with E-state index >= 15 is 0 Å². The first-order chi connectivity index (χ1) is 16.1. The average Bonchev–Trinajstić information content (AvgIpc) is 3.24. The fourth-order valence-corrected chi connectivity index (χ4v) is 5.54. The molecule has 6 heteroatoms. The van der Waals surface area contributed by atoms with Crippen LogP contribution in [0.3, 0.4) is 0 Å². The molecule has 0 unspecified atom stereocenters. The molecule has 1 aliphatic carbocycles. The van der Waals surface area contributed by atoms with Crippen LogP contribution in [0.2, 0.25) is 0 Å². The number of methoxy groups -OCH3 is 3. The summed E-state index contributed by atoms with van der Waals surface area (Å²) in [4.78, 5) is 28.5. The third-order valence-electron chi connectivity index (χ3n) is 6.85. The van der Waals surface area contributed by atoms with Crippen LogP contribution in [0.5, 0.6) is 5.75 Å². The van der Waals surface area contributed by atoms with E-state index in [1.54, 1.807) is 7.11 Å². The molecule has 0 amide bonds. The van der Waals surface area contributed by atoms with Crippen molar-refractivity contribution in [2.45, 2.75) is 23.9 Å². The number of rotatable bonds is 4. The van der Waals surface area contributed by atoms with Crippen LogP contribution >= 0.6 is 0 Å². The molecule has 0 bridgehead atoms. The summed E-state index contributed by atoms with van der Waals surface area (Å²) in [6, 6.07) is 22.1.